The van der Waals surface area contributed by atoms with Crippen molar-refractivity contribution in [1.29, 1.82) is 0 Å². The zero-order chi connectivity index (χ0) is 14.5. The minimum Gasteiger partial charge on any atom is -0.377 e. The second-order valence-corrected chi connectivity index (χ2v) is 6.71. The van der Waals surface area contributed by atoms with E-state index in [4.69, 9.17) is 4.74 Å². The standard InChI is InChI=1S/C16H29N3O2/c20-16(4-3-14-5-6-17-12-14)19-9-7-18(8-10-19)13-15-2-1-11-21-15/h14-15,17H,1-13H2. The topological polar surface area (TPSA) is 44.8 Å². The van der Waals surface area contributed by atoms with E-state index in [-0.39, 0.29) is 0 Å². The maximum Gasteiger partial charge on any atom is 0.222 e. The van der Waals surface area contributed by atoms with Crippen LogP contribution in [-0.2, 0) is 9.53 Å². The van der Waals surface area contributed by atoms with Gasteiger partial charge in [0.05, 0.1) is 6.10 Å². The van der Waals surface area contributed by atoms with Gasteiger partial charge in [-0.1, -0.05) is 0 Å². The Morgan fingerprint density at radius 2 is 2.05 bits per heavy atom. The van der Waals surface area contributed by atoms with Crippen LogP contribution in [0.4, 0.5) is 0 Å². The fourth-order valence-electron chi connectivity index (χ4n) is 3.70. The van der Waals surface area contributed by atoms with Crippen LogP contribution in [0.1, 0.15) is 32.1 Å². The predicted octanol–water partition coefficient (Wildman–Crippen LogP) is 0.699. The van der Waals surface area contributed by atoms with Crippen LogP contribution < -0.4 is 5.32 Å². The molecule has 0 aromatic heterocycles. The van der Waals surface area contributed by atoms with Crippen molar-refractivity contribution in [2.75, 3.05) is 52.4 Å². The highest BCUT2D eigenvalue weighted by Crippen LogP contribution is 2.17. The molecule has 5 heteroatoms. The summed E-state index contributed by atoms with van der Waals surface area (Å²) in [7, 11) is 0. The third kappa shape index (κ3) is 4.41. The number of hydrogen-bond donors (Lipinski definition) is 1. The van der Waals surface area contributed by atoms with Gasteiger partial charge >= 0.3 is 0 Å². The van der Waals surface area contributed by atoms with Crippen LogP contribution in [0.25, 0.3) is 0 Å². The van der Waals surface area contributed by atoms with Crippen LogP contribution >= 0.6 is 0 Å². The molecular weight excluding hydrogens is 266 g/mol. The van der Waals surface area contributed by atoms with Gasteiger partial charge in [0.2, 0.25) is 5.91 Å². The Morgan fingerprint density at radius 1 is 1.19 bits per heavy atom. The molecule has 0 spiro atoms. The Hall–Kier alpha value is -0.650. The van der Waals surface area contributed by atoms with E-state index >= 15 is 0 Å². The molecule has 120 valence electrons. The van der Waals surface area contributed by atoms with Gasteiger partial charge in [0.1, 0.15) is 0 Å². The van der Waals surface area contributed by atoms with E-state index < -0.39 is 0 Å². The van der Waals surface area contributed by atoms with Crippen molar-refractivity contribution in [3.8, 4) is 0 Å². The first-order valence-electron chi connectivity index (χ1n) is 8.64. The van der Waals surface area contributed by atoms with Crippen LogP contribution in [0, 0.1) is 5.92 Å². The Balaban J connectivity index is 1.33. The number of ether oxygens (including phenoxy) is 1. The first kappa shape index (κ1) is 15.3. The number of carbonyl (C=O) groups is 1. The molecule has 3 aliphatic heterocycles. The second-order valence-electron chi connectivity index (χ2n) is 6.71. The molecule has 0 aromatic rings. The maximum atomic E-state index is 12.3. The van der Waals surface area contributed by atoms with Crippen molar-refractivity contribution < 1.29 is 9.53 Å². The molecule has 3 saturated heterocycles. The lowest BCUT2D eigenvalue weighted by molar-refractivity contribution is -0.133. The lowest BCUT2D eigenvalue weighted by Crippen LogP contribution is -2.50. The number of amides is 1. The third-order valence-corrected chi connectivity index (χ3v) is 5.14. The Bertz CT molecular complexity index is 330. The molecule has 2 unspecified atom stereocenters. The molecule has 2 atom stereocenters. The quantitative estimate of drug-likeness (QED) is 0.811. The molecule has 0 aliphatic carbocycles. The van der Waals surface area contributed by atoms with Gasteiger partial charge in [-0.05, 0) is 44.7 Å². The van der Waals surface area contributed by atoms with Crippen LogP contribution in [-0.4, -0.2) is 74.2 Å². The predicted molar refractivity (Wildman–Crippen MR) is 82.2 cm³/mol. The molecule has 5 nitrogen and oxygen atoms in total. The summed E-state index contributed by atoms with van der Waals surface area (Å²) in [6, 6.07) is 0. The van der Waals surface area contributed by atoms with Crippen LogP contribution in [0.5, 0.6) is 0 Å². The monoisotopic (exact) mass is 295 g/mol. The van der Waals surface area contributed by atoms with Crippen molar-refractivity contribution in [2.45, 2.75) is 38.2 Å². The summed E-state index contributed by atoms with van der Waals surface area (Å²) in [5.74, 6) is 1.08. The fraction of sp³-hybridized carbons (Fsp3) is 0.938. The number of rotatable bonds is 5. The van der Waals surface area contributed by atoms with Crippen molar-refractivity contribution in [3.05, 3.63) is 0 Å². The highest BCUT2D eigenvalue weighted by molar-refractivity contribution is 5.76. The molecule has 3 aliphatic rings. The highest BCUT2D eigenvalue weighted by atomic mass is 16.5. The average Bonchev–Trinajstić information content (AvgIpc) is 3.19. The summed E-state index contributed by atoms with van der Waals surface area (Å²) < 4.78 is 5.70. The molecular formula is C16H29N3O2. The van der Waals surface area contributed by atoms with Crippen LogP contribution in [0.15, 0.2) is 0 Å². The zero-order valence-electron chi connectivity index (χ0n) is 13.1. The molecule has 3 fully saturated rings. The Labute approximate surface area is 128 Å². The van der Waals surface area contributed by atoms with Crippen molar-refractivity contribution in [3.63, 3.8) is 0 Å². The fourth-order valence-corrected chi connectivity index (χ4v) is 3.70. The Morgan fingerprint density at radius 3 is 2.71 bits per heavy atom. The van der Waals surface area contributed by atoms with E-state index in [0.29, 0.717) is 12.0 Å². The van der Waals surface area contributed by atoms with E-state index in [2.05, 4.69) is 15.1 Å². The summed E-state index contributed by atoms with van der Waals surface area (Å²) in [5.41, 5.74) is 0. The van der Waals surface area contributed by atoms with Gasteiger partial charge < -0.3 is 15.0 Å². The van der Waals surface area contributed by atoms with E-state index in [9.17, 15) is 4.79 Å². The summed E-state index contributed by atoms with van der Waals surface area (Å²) in [4.78, 5) is 16.8. The summed E-state index contributed by atoms with van der Waals surface area (Å²) >= 11 is 0. The molecule has 0 radical (unpaired) electrons. The lowest BCUT2D eigenvalue weighted by Gasteiger charge is -2.35. The number of piperazine rings is 1. The highest BCUT2D eigenvalue weighted by Gasteiger charge is 2.25. The normalized spacial score (nSPS) is 31.0. The lowest BCUT2D eigenvalue weighted by atomic mass is 10.0. The molecule has 21 heavy (non-hydrogen) atoms. The van der Waals surface area contributed by atoms with Crippen LogP contribution in [0.2, 0.25) is 0 Å². The van der Waals surface area contributed by atoms with Crippen molar-refractivity contribution >= 4 is 5.91 Å². The van der Waals surface area contributed by atoms with Gasteiger partial charge in [-0.2, -0.15) is 0 Å². The van der Waals surface area contributed by atoms with Gasteiger partial charge in [-0.3, -0.25) is 9.69 Å². The molecule has 1 amide bonds. The first-order valence-corrected chi connectivity index (χ1v) is 8.64. The van der Waals surface area contributed by atoms with Gasteiger partial charge in [0, 0.05) is 45.8 Å². The summed E-state index contributed by atoms with van der Waals surface area (Å²) in [6.45, 7) is 8.02. The van der Waals surface area contributed by atoms with E-state index in [1.54, 1.807) is 0 Å². The zero-order valence-corrected chi connectivity index (χ0v) is 13.1. The molecule has 1 N–H and O–H groups in total. The summed E-state index contributed by atoms with van der Waals surface area (Å²) in [6.07, 6.45) is 5.87. The third-order valence-electron chi connectivity index (χ3n) is 5.14. The van der Waals surface area contributed by atoms with E-state index in [1.165, 1.54) is 19.3 Å². The average molecular weight is 295 g/mol. The molecule has 0 bridgehead atoms. The molecule has 3 heterocycles. The summed E-state index contributed by atoms with van der Waals surface area (Å²) in [5, 5.41) is 3.37. The molecule has 0 saturated carbocycles. The largest absolute Gasteiger partial charge is 0.377 e. The van der Waals surface area contributed by atoms with E-state index in [1.807, 2.05) is 0 Å². The molecule has 0 aromatic carbocycles. The smallest absolute Gasteiger partial charge is 0.222 e. The SMILES string of the molecule is O=C(CCC1CCNC1)N1CCN(CC2CCCO2)CC1. The van der Waals surface area contributed by atoms with E-state index in [0.717, 1.165) is 71.2 Å². The van der Waals surface area contributed by atoms with Crippen LogP contribution in [0.3, 0.4) is 0 Å². The number of nitrogens with zero attached hydrogens (tertiary/aromatic N) is 2. The van der Waals surface area contributed by atoms with Crippen molar-refractivity contribution in [2.24, 2.45) is 5.92 Å². The first-order chi connectivity index (χ1) is 10.3. The number of carbonyl (C=O) groups excluding carboxylic acids is 1. The van der Waals surface area contributed by atoms with Crippen molar-refractivity contribution in [1.82, 2.24) is 15.1 Å². The van der Waals surface area contributed by atoms with Gasteiger partial charge in [0.25, 0.3) is 0 Å². The maximum absolute atomic E-state index is 12.3. The van der Waals surface area contributed by atoms with Gasteiger partial charge in [0.15, 0.2) is 0 Å². The Kier molecular flexibility index (Phi) is 5.49. The minimum absolute atomic E-state index is 0.360. The van der Waals surface area contributed by atoms with Gasteiger partial charge in [-0.25, -0.2) is 0 Å². The van der Waals surface area contributed by atoms with Gasteiger partial charge in [-0.15, -0.1) is 0 Å². The number of hydrogen-bond acceptors (Lipinski definition) is 4. The molecule has 3 rings (SSSR count). The second kappa shape index (κ2) is 7.56. The minimum atomic E-state index is 0.360. The number of nitrogens with one attached hydrogen (secondary N) is 1.